The van der Waals surface area contributed by atoms with E-state index in [2.05, 4.69) is 5.32 Å². The molecule has 13 heavy (non-hydrogen) atoms. The summed E-state index contributed by atoms with van der Waals surface area (Å²) < 4.78 is 0. The van der Waals surface area contributed by atoms with Gasteiger partial charge in [-0.2, -0.15) is 0 Å². The Kier molecular flexibility index (Phi) is 3.58. The van der Waals surface area contributed by atoms with Gasteiger partial charge in [-0.25, -0.2) is 0 Å². The first-order valence-electron chi connectivity index (χ1n) is 4.39. The van der Waals surface area contributed by atoms with E-state index in [9.17, 15) is 5.11 Å². The molecule has 0 spiro atoms. The summed E-state index contributed by atoms with van der Waals surface area (Å²) in [5, 5.41) is 21.2. The molecule has 0 saturated carbocycles. The van der Waals surface area contributed by atoms with E-state index in [4.69, 9.17) is 5.11 Å². The van der Waals surface area contributed by atoms with Gasteiger partial charge in [-0.1, -0.05) is 12.1 Å². The van der Waals surface area contributed by atoms with Gasteiger partial charge in [-0.3, -0.25) is 0 Å². The number of hydrogen-bond acceptors (Lipinski definition) is 3. The number of aromatic hydroxyl groups is 1. The average molecular weight is 181 g/mol. The molecule has 0 aliphatic rings. The lowest BCUT2D eigenvalue weighted by Gasteiger charge is -2.14. The number of para-hydroxylation sites is 2. The van der Waals surface area contributed by atoms with E-state index >= 15 is 0 Å². The van der Waals surface area contributed by atoms with Crippen molar-refractivity contribution in [1.29, 1.82) is 0 Å². The quantitative estimate of drug-likeness (QED) is 0.618. The third-order valence-electron chi connectivity index (χ3n) is 1.87. The van der Waals surface area contributed by atoms with Gasteiger partial charge in [0.25, 0.3) is 0 Å². The number of rotatable bonds is 4. The Labute approximate surface area is 78.0 Å². The summed E-state index contributed by atoms with van der Waals surface area (Å²) in [6.07, 6.45) is 0.675. The zero-order chi connectivity index (χ0) is 9.68. The summed E-state index contributed by atoms with van der Waals surface area (Å²) in [6.45, 7) is 2.12. The Morgan fingerprint density at radius 3 is 2.69 bits per heavy atom. The summed E-state index contributed by atoms with van der Waals surface area (Å²) in [6, 6.07) is 7.24. The fourth-order valence-electron chi connectivity index (χ4n) is 1.13. The Bertz CT molecular complexity index is 263. The second-order valence-corrected chi connectivity index (χ2v) is 3.07. The highest BCUT2D eigenvalue weighted by atomic mass is 16.3. The lowest BCUT2D eigenvalue weighted by Crippen LogP contribution is -2.16. The predicted octanol–water partition coefficient (Wildman–Crippen LogP) is 1.57. The van der Waals surface area contributed by atoms with Crippen LogP contribution in [0.2, 0.25) is 0 Å². The fraction of sp³-hybridized carbons (Fsp3) is 0.400. The minimum atomic E-state index is 0.155. The van der Waals surface area contributed by atoms with E-state index in [1.165, 1.54) is 0 Å². The van der Waals surface area contributed by atoms with Gasteiger partial charge in [-0.15, -0.1) is 0 Å². The predicted molar refractivity (Wildman–Crippen MR) is 52.9 cm³/mol. The molecule has 0 aliphatic carbocycles. The highest BCUT2D eigenvalue weighted by Crippen LogP contribution is 2.22. The van der Waals surface area contributed by atoms with Crippen molar-refractivity contribution in [3.05, 3.63) is 24.3 Å². The lowest BCUT2D eigenvalue weighted by atomic mass is 10.2. The van der Waals surface area contributed by atoms with Crippen molar-refractivity contribution in [3.8, 4) is 5.75 Å². The summed E-state index contributed by atoms with van der Waals surface area (Å²) >= 11 is 0. The summed E-state index contributed by atoms with van der Waals surface area (Å²) in [7, 11) is 0. The second kappa shape index (κ2) is 4.72. The van der Waals surface area contributed by atoms with Gasteiger partial charge in [-0.05, 0) is 25.5 Å². The molecular formula is C10H15NO2. The van der Waals surface area contributed by atoms with E-state index in [1.54, 1.807) is 12.1 Å². The molecule has 1 rings (SSSR count). The van der Waals surface area contributed by atoms with Crippen LogP contribution in [0, 0.1) is 0 Å². The number of benzene rings is 1. The monoisotopic (exact) mass is 181 g/mol. The smallest absolute Gasteiger partial charge is 0.138 e. The normalized spacial score (nSPS) is 12.5. The SMILES string of the molecule is CC(CCO)Nc1ccccc1O. The highest BCUT2D eigenvalue weighted by molar-refractivity contribution is 5.55. The van der Waals surface area contributed by atoms with E-state index in [-0.39, 0.29) is 18.4 Å². The van der Waals surface area contributed by atoms with Crippen LogP contribution in [0.4, 0.5) is 5.69 Å². The first kappa shape index (κ1) is 9.86. The zero-order valence-corrected chi connectivity index (χ0v) is 7.70. The first-order valence-corrected chi connectivity index (χ1v) is 4.39. The molecule has 0 radical (unpaired) electrons. The average Bonchev–Trinajstić information content (AvgIpc) is 2.09. The van der Waals surface area contributed by atoms with Crippen molar-refractivity contribution >= 4 is 5.69 Å². The molecule has 0 aromatic heterocycles. The largest absolute Gasteiger partial charge is 0.506 e. The molecule has 0 saturated heterocycles. The topological polar surface area (TPSA) is 52.5 Å². The minimum absolute atomic E-state index is 0.155. The molecule has 1 atom stereocenters. The van der Waals surface area contributed by atoms with Crippen LogP contribution in [-0.2, 0) is 0 Å². The molecule has 72 valence electrons. The van der Waals surface area contributed by atoms with Gasteiger partial charge in [0.15, 0.2) is 0 Å². The van der Waals surface area contributed by atoms with Crippen LogP contribution in [0.25, 0.3) is 0 Å². The third kappa shape index (κ3) is 2.95. The van der Waals surface area contributed by atoms with E-state index < -0.39 is 0 Å². The molecular weight excluding hydrogens is 166 g/mol. The molecule has 0 aliphatic heterocycles. The first-order chi connectivity index (χ1) is 6.24. The van der Waals surface area contributed by atoms with Crippen LogP contribution in [0.1, 0.15) is 13.3 Å². The van der Waals surface area contributed by atoms with Crippen molar-refractivity contribution in [2.75, 3.05) is 11.9 Å². The number of phenolic OH excluding ortho intramolecular Hbond substituents is 1. The fourth-order valence-corrected chi connectivity index (χ4v) is 1.13. The zero-order valence-electron chi connectivity index (χ0n) is 7.70. The lowest BCUT2D eigenvalue weighted by molar-refractivity contribution is 0.282. The van der Waals surface area contributed by atoms with Gasteiger partial charge in [0, 0.05) is 12.6 Å². The third-order valence-corrected chi connectivity index (χ3v) is 1.87. The maximum absolute atomic E-state index is 9.40. The van der Waals surface area contributed by atoms with Crippen LogP contribution >= 0.6 is 0 Å². The van der Waals surface area contributed by atoms with Crippen LogP contribution in [0.15, 0.2) is 24.3 Å². The number of nitrogens with one attached hydrogen (secondary N) is 1. The molecule has 3 nitrogen and oxygen atoms in total. The van der Waals surface area contributed by atoms with Crippen molar-refractivity contribution in [1.82, 2.24) is 0 Å². The van der Waals surface area contributed by atoms with Gasteiger partial charge in [0.2, 0.25) is 0 Å². The standard InChI is InChI=1S/C10H15NO2/c1-8(6-7-12)11-9-4-2-3-5-10(9)13/h2-5,8,11-13H,6-7H2,1H3. The van der Waals surface area contributed by atoms with Crippen molar-refractivity contribution in [2.24, 2.45) is 0 Å². The summed E-state index contributed by atoms with van der Waals surface area (Å²) in [4.78, 5) is 0. The van der Waals surface area contributed by atoms with E-state index in [0.29, 0.717) is 12.1 Å². The van der Waals surface area contributed by atoms with Gasteiger partial charge in [0.1, 0.15) is 5.75 Å². The summed E-state index contributed by atoms with van der Waals surface area (Å²) in [5.41, 5.74) is 0.712. The van der Waals surface area contributed by atoms with Crippen LogP contribution in [0.5, 0.6) is 5.75 Å². The Balaban J connectivity index is 2.58. The van der Waals surface area contributed by atoms with Crippen molar-refractivity contribution in [3.63, 3.8) is 0 Å². The van der Waals surface area contributed by atoms with Crippen LogP contribution in [0.3, 0.4) is 0 Å². The number of phenols is 1. The van der Waals surface area contributed by atoms with Gasteiger partial charge in [0.05, 0.1) is 5.69 Å². The van der Waals surface area contributed by atoms with E-state index in [0.717, 1.165) is 0 Å². The van der Waals surface area contributed by atoms with Crippen LogP contribution < -0.4 is 5.32 Å². The number of aliphatic hydroxyl groups excluding tert-OH is 1. The maximum atomic E-state index is 9.40. The minimum Gasteiger partial charge on any atom is -0.506 e. The molecule has 1 aromatic carbocycles. The number of aliphatic hydroxyl groups is 1. The van der Waals surface area contributed by atoms with Crippen LogP contribution in [-0.4, -0.2) is 22.9 Å². The highest BCUT2D eigenvalue weighted by Gasteiger charge is 2.03. The molecule has 1 aromatic rings. The Hall–Kier alpha value is -1.22. The molecule has 3 heteroatoms. The van der Waals surface area contributed by atoms with Gasteiger partial charge >= 0.3 is 0 Å². The molecule has 0 bridgehead atoms. The molecule has 0 amide bonds. The van der Waals surface area contributed by atoms with Gasteiger partial charge < -0.3 is 15.5 Å². The Morgan fingerprint density at radius 2 is 2.08 bits per heavy atom. The Morgan fingerprint density at radius 1 is 1.38 bits per heavy atom. The number of anilines is 1. The maximum Gasteiger partial charge on any atom is 0.138 e. The molecule has 0 fully saturated rings. The van der Waals surface area contributed by atoms with Crippen molar-refractivity contribution < 1.29 is 10.2 Å². The summed E-state index contributed by atoms with van der Waals surface area (Å²) in [5.74, 6) is 0.243. The number of hydrogen-bond donors (Lipinski definition) is 3. The van der Waals surface area contributed by atoms with E-state index in [1.807, 2.05) is 19.1 Å². The molecule has 0 heterocycles. The molecule has 1 unspecified atom stereocenters. The molecule has 3 N–H and O–H groups in total. The van der Waals surface area contributed by atoms with Crippen molar-refractivity contribution in [2.45, 2.75) is 19.4 Å². The second-order valence-electron chi connectivity index (χ2n) is 3.07.